The highest BCUT2D eigenvalue weighted by Gasteiger charge is 2.33. The van der Waals surface area contributed by atoms with Crippen LogP contribution in [-0.4, -0.2) is 29.4 Å². The lowest BCUT2D eigenvalue weighted by Gasteiger charge is -2.23. The molecule has 1 unspecified atom stereocenters. The predicted molar refractivity (Wildman–Crippen MR) is 71.7 cm³/mol. The standard InChI is InChI=1S/C13H15N3O2S/c1-14-11-12-10(15-8-18-12)2-4-16(13(11)17)6-9-3-5-19-7-9/h3,5,7-8,11,14H,2,4,6H2,1H3. The molecule has 0 spiro atoms. The molecule has 3 heterocycles. The van der Waals surface area contributed by atoms with Crippen LogP contribution in [0.4, 0.5) is 0 Å². The highest BCUT2D eigenvalue weighted by molar-refractivity contribution is 7.07. The average molecular weight is 277 g/mol. The number of carbonyl (C=O) groups excluding carboxylic acids is 1. The van der Waals surface area contributed by atoms with Crippen molar-refractivity contribution in [2.45, 2.75) is 19.0 Å². The lowest BCUT2D eigenvalue weighted by Crippen LogP contribution is -2.38. The van der Waals surface area contributed by atoms with Crippen molar-refractivity contribution in [3.8, 4) is 0 Å². The van der Waals surface area contributed by atoms with Crippen molar-refractivity contribution in [2.24, 2.45) is 0 Å². The number of likely N-dealkylation sites (N-methyl/N-ethyl adjacent to an activating group) is 1. The van der Waals surface area contributed by atoms with Crippen LogP contribution in [0.15, 0.2) is 27.6 Å². The molecule has 5 nitrogen and oxygen atoms in total. The number of hydrogen-bond donors (Lipinski definition) is 1. The molecule has 1 aliphatic heterocycles. The molecule has 0 bridgehead atoms. The molecule has 1 atom stereocenters. The molecular formula is C13H15N3O2S. The fourth-order valence-electron chi connectivity index (χ4n) is 2.36. The Labute approximate surface area is 115 Å². The molecule has 0 saturated heterocycles. The van der Waals surface area contributed by atoms with E-state index in [1.807, 2.05) is 16.3 Å². The molecule has 1 aliphatic rings. The van der Waals surface area contributed by atoms with E-state index in [0.29, 0.717) is 18.8 Å². The van der Waals surface area contributed by atoms with E-state index in [-0.39, 0.29) is 5.91 Å². The first-order chi connectivity index (χ1) is 9.29. The Bertz CT molecular complexity index is 564. The molecule has 19 heavy (non-hydrogen) atoms. The lowest BCUT2D eigenvalue weighted by molar-refractivity contribution is -0.134. The van der Waals surface area contributed by atoms with E-state index in [2.05, 4.69) is 15.7 Å². The topological polar surface area (TPSA) is 58.4 Å². The SMILES string of the molecule is CNC1C(=O)N(Cc2ccsc2)CCc2ncoc21. The van der Waals surface area contributed by atoms with E-state index in [1.165, 1.54) is 12.0 Å². The van der Waals surface area contributed by atoms with Crippen molar-refractivity contribution in [2.75, 3.05) is 13.6 Å². The van der Waals surface area contributed by atoms with Crippen molar-refractivity contribution in [1.29, 1.82) is 0 Å². The van der Waals surface area contributed by atoms with Gasteiger partial charge in [0, 0.05) is 19.5 Å². The summed E-state index contributed by atoms with van der Waals surface area (Å²) in [5.74, 6) is 0.699. The summed E-state index contributed by atoms with van der Waals surface area (Å²) in [5.41, 5.74) is 2.04. The quantitative estimate of drug-likeness (QED) is 0.925. The third-order valence-electron chi connectivity index (χ3n) is 3.35. The van der Waals surface area contributed by atoms with E-state index < -0.39 is 6.04 Å². The van der Waals surface area contributed by atoms with Gasteiger partial charge in [-0.15, -0.1) is 0 Å². The zero-order valence-electron chi connectivity index (χ0n) is 10.6. The van der Waals surface area contributed by atoms with E-state index in [1.54, 1.807) is 18.4 Å². The Morgan fingerprint density at radius 3 is 3.26 bits per heavy atom. The lowest BCUT2D eigenvalue weighted by atomic mass is 10.1. The van der Waals surface area contributed by atoms with Crippen molar-refractivity contribution in [3.05, 3.63) is 40.2 Å². The molecule has 2 aromatic heterocycles. The number of amides is 1. The first kappa shape index (κ1) is 12.4. The van der Waals surface area contributed by atoms with Gasteiger partial charge in [0.2, 0.25) is 5.91 Å². The summed E-state index contributed by atoms with van der Waals surface area (Å²) in [6.07, 6.45) is 2.15. The Hall–Kier alpha value is -1.66. The van der Waals surface area contributed by atoms with Gasteiger partial charge < -0.3 is 14.6 Å². The second-order valence-corrected chi connectivity index (χ2v) is 5.31. The van der Waals surface area contributed by atoms with Gasteiger partial charge in [0.1, 0.15) is 6.04 Å². The Morgan fingerprint density at radius 2 is 2.53 bits per heavy atom. The van der Waals surface area contributed by atoms with Crippen molar-refractivity contribution >= 4 is 17.2 Å². The van der Waals surface area contributed by atoms with Crippen LogP contribution in [-0.2, 0) is 17.8 Å². The number of oxazole rings is 1. The molecule has 6 heteroatoms. The Morgan fingerprint density at radius 1 is 1.63 bits per heavy atom. The number of nitrogens with zero attached hydrogens (tertiary/aromatic N) is 2. The fraction of sp³-hybridized carbons (Fsp3) is 0.385. The first-order valence-corrected chi connectivity index (χ1v) is 7.13. The second-order valence-electron chi connectivity index (χ2n) is 4.53. The van der Waals surface area contributed by atoms with Crippen LogP contribution in [0, 0.1) is 0 Å². The number of carbonyl (C=O) groups is 1. The van der Waals surface area contributed by atoms with Crippen molar-refractivity contribution in [1.82, 2.24) is 15.2 Å². The minimum absolute atomic E-state index is 0.0456. The van der Waals surface area contributed by atoms with E-state index >= 15 is 0 Å². The zero-order chi connectivity index (χ0) is 13.2. The highest BCUT2D eigenvalue weighted by atomic mass is 32.1. The zero-order valence-corrected chi connectivity index (χ0v) is 11.4. The molecule has 0 aromatic carbocycles. The normalized spacial score (nSPS) is 19.3. The first-order valence-electron chi connectivity index (χ1n) is 6.19. The van der Waals surface area contributed by atoms with Gasteiger partial charge >= 0.3 is 0 Å². The predicted octanol–water partition coefficient (Wildman–Crippen LogP) is 1.58. The second kappa shape index (κ2) is 5.14. The van der Waals surface area contributed by atoms with Gasteiger partial charge in [-0.1, -0.05) is 0 Å². The van der Waals surface area contributed by atoms with Gasteiger partial charge in [-0.2, -0.15) is 11.3 Å². The van der Waals surface area contributed by atoms with E-state index in [4.69, 9.17) is 4.42 Å². The van der Waals surface area contributed by atoms with E-state index in [0.717, 1.165) is 12.1 Å². The van der Waals surface area contributed by atoms with Crippen LogP contribution in [0.2, 0.25) is 0 Å². The van der Waals surface area contributed by atoms with Gasteiger partial charge in [-0.3, -0.25) is 4.79 Å². The van der Waals surface area contributed by atoms with Crippen LogP contribution in [0.1, 0.15) is 23.1 Å². The molecule has 0 fully saturated rings. The van der Waals surface area contributed by atoms with Gasteiger partial charge in [0.05, 0.1) is 5.69 Å². The van der Waals surface area contributed by atoms with Crippen LogP contribution in [0.25, 0.3) is 0 Å². The van der Waals surface area contributed by atoms with Crippen LogP contribution in [0.3, 0.4) is 0 Å². The maximum atomic E-state index is 12.5. The third-order valence-corrected chi connectivity index (χ3v) is 4.09. The maximum Gasteiger partial charge on any atom is 0.247 e. The smallest absolute Gasteiger partial charge is 0.247 e. The van der Waals surface area contributed by atoms with Crippen molar-refractivity contribution in [3.63, 3.8) is 0 Å². The number of nitrogens with one attached hydrogen (secondary N) is 1. The van der Waals surface area contributed by atoms with Crippen molar-refractivity contribution < 1.29 is 9.21 Å². The number of thiophene rings is 1. The molecule has 0 radical (unpaired) electrons. The summed E-state index contributed by atoms with van der Waals surface area (Å²) < 4.78 is 5.37. The summed E-state index contributed by atoms with van der Waals surface area (Å²) in [5, 5.41) is 7.12. The van der Waals surface area contributed by atoms with Crippen LogP contribution < -0.4 is 5.32 Å². The summed E-state index contributed by atoms with van der Waals surface area (Å²) >= 11 is 1.65. The summed E-state index contributed by atoms with van der Waals surface area (Å²) in [6.45, 7) is 1.32. The molecule has 2 aromatic rings. The van der Waals surface area contributed by atoms with Gasteiger partial charge in [-0.05, 0) is 29.4 Å². The number of aromatic nitrogens is 1. The summed E-state index contributed by atoms with van der Waals surface area (Å²) in [4.78, 5) is 18.6. The summed E-state index contributed by atoms with van der Waals surface area (Å²) in [6, 6.07) is 1.62. The number of fused-ring (bicyclic) bond motifs is 1. The van der Waals surface area contributed by atoms with Crippen LogP contribution >= 0.6 is 11.3 Å². The molecule has 3 rings (SSSR count). The molecule has 0 saturated carbocycles. The molecule has 100 valence electrons. The number of rotatable bonds is 3. The highest BCUT2D eigenvalue weighted by Crippen LogP contribution is 2.25. The fourth-order valence-corrected chi connectivity index (χ4v) is 3.02. The maximum absolute atomic E-state index is 12.5. The average Bonchev–Trinajstić information content (AvgIpc) is 3.04. The monoisotopic (exact) mass is 277 g/mol. The number of hydrogen-bond acceptors (Lipinski definition) is 5. The Balaban J connectivity index is 1.85. The molecule has 1 N–H and O–H groups in total. The largest absolute Gasteiger partial charge is 0.446 e. The van der Waals surface area contributed by atoms with Gasteiger partial charge in [-0.25, -0.2) is 4.98 Å². The van der Waals surface area contributed by atoms with Gasteiger partial charge in [0.15, 0.2) is 12.2 Å². The minimum Gasteiger partial charge on any atom is -0.446 e. The minimum atomic E-state index is -0.432. The molecule has 1 amide bonds. The Kier molecular flexibility index (Phi) is 3.35. The molecule has 0 aliphatic carbocycles. The van der Waals surface area contributed by atoms with E-state index in [9.17, 15) is 4.79 Å². The van der Waals surface area contributed by atoms with Gasteiger partial charge in [0.25, 0.3) is 0 Å². The third kappa shape index (κ3) is 2.29. The van der Waals surface area contributed by atoms with Crippen LogP contribution in [0.5, 0.6) is 0 Å². The summed E-state index contributed by atoms with van der Waals surface area (Å²) in [7, 11) is 1.77. The molecular weight excluding hydrogens is 262 g/mol.